The Balaban J connectivity index is 2.04. The lowest BCUT2D eigenvalue weighted by Crippen LogP contribution is -2.41. The number of esters is 1. The zero-order valence-electron chi connectivity index (χ0n) is 13.0. The molecule has 2 heterocycles. The minimum atomic E-state index is -0.405. The molecule has 0 amide bonds. The van der Waals surface area contributed by atoms with Crippen LogP contribution in [0.1, 0.15) is 43.7 Å². The molecule has 0 spiro atoms. The summed E-state index contributed by atoms with van der Waals surface area (Å²) in [6.45, 7) is 8.02. The third-order valence-corrected chi connectivity index (χ3v) is 3.90. The molecule has 1 fully saturated rings. The summed E-state index contributed by atoms with van der Waals surface area (Å²) in [5.74, 6) is 1.42. The van der Waals surface area contributed by atoms with Crippen molar-refractivity contribution < 1.29 is 18.8 Å². The highest BCUT2D eigenvalue weighted by Crippen LogP contribution is 2.36. The number of carbonyl (C=O) groups is 1. The normalized spacial score (nSPS) is 20.0. The molecule has 5 nitrogen and oxygen atoms in total. The molecule has 1 aliphatic rings. The van der Waals surface area contributed by atoms with Gasteiger partial charge in [0.25, 0.3) is 0 Å². The Bertz CT molecular complexity index is 535. The summed E-state index contributed by atoms with van der Waals surface area (Å²) in [4.78, 5) is 15.5. The monoisotopic (exact) mass is 289 g/mol. The van der Waals surface area contributed by atoms with Gasteiger partial charge in [0, 0.05) is 6.20 Å². The van der Waals surface area contributed by atoms with E-state index in [0.717, 1.165) is 5.69 Å². The fourth-order valence-corrected chi connectivity index (χ4v) is 1.89. The number of nitrogens with zero attached hydrogens (tertiary/aromatic N) is 1. The maximum absolute atomic E-state index is 11.3. The number of hydrogen-bond acceptors (Lipinski definition) is 5. The molecule has 2 rings (SSSR count). The first-order valence-corrected chi connectivity index (χ1v) is 6.83. The average Bonchev–Trinajstić information content (AvgIpc) is 2.64. The van der Waals surface area contributed by atoms with Crippen molar-refractivity contribution in [3.63, 3.8) is 0 Å². The van der Waals surface area contributed by atoms with Gasteiger partial charge in [-0.05, 0) is 45.9 Å². The van der Waals surface area contributed by atoms with E-state index in [1.165, 1.54) is 13.3 Å². The van der Waals surface area contributed by atoms with Gasteiger partial charge in [-0.1, -0.05) is 5.98 Å². The van der Waals surface area contributed by atoms with Crippen LogP contribution < -0.4 is 0 Å². The van der Waals surface area contributed by atoms with Gasteiger partial charge < -0.3 is 14.0 Å². The first-order chi connectivity index (χ1) is 9.75. The van der Waals surface area contributed by atoms with Gasteiger partial charge in [0.1, 0.15) is 0 Å². The van der Waals surface area contributed by atoms with E-state index in [4.69, 9.17) is 9.31 Å². The zero-order valence-corrected chi connectivity index (χ0v) is 13.0. The summed E-state index contributed by atoms with van der Waals surface area (Å²) in [7, 11) is 0.936. The minimum Gasteiger partial charge on any atom is -0.465 e. The van der Waals surface area contributed by atoms with E-state index in [1.54, 1.807) is 12.1 Å². The van der Waals surface area contributed by atoms with Gasteiger partial charge >= 0.3 is 13.1 Å². The van der Waals surface area contributed by atoms with Crippen molar-refractivity contribution in [1.29, 1.82) is 0 Å². The molecular formula is C15H20BNO4. The van der Waals surface area contributed by atoms with E-state index in [2.05, 4.69) is 9.72 Å². The highest BCUT2D eigenvalue weighted by Gasteiger charge is 2.49. The molecule has 6 heteroatoms. The van der Waals surface area contributed by atoms with Crippen LogP contribution in [-0.2, 0) is 14.0 Å². The van der Waals surface area contributed by atoms with Crippen molar-refractivity contribution in [2.45, 2.75) is 38.9 Å². The molecule has 1 aromatic rings. The summed E-state index contributed by atoms with van der Waals surface area (Å²) < 4.78 is 16.3. The Morgan fingerprint density at radius 2 is 1.86 bits per heavy atom. The van der Waals surface area contributed by atoms with Crippen LogP contribution in [0.4, 0.5) is 0 Å². The molecule has 21 heavy (non-hydrogen) atoms. The van der Waals surface area contributed by atoms with Crippen molar-refractivity contribution in [2.75, 3.05) is 7.11 Å². The number of hydrogen-bond donors (Lipinski definition) is 0. The van der Waals surface area contributed by atoms with E-state index in [9.17, 15) is 4.79 Å². The van der Waals surface area contributed by atoms with E-state index >= 15 is 0 Å². The second kappa shape index (κ2) is 5.62. The lowest BCUT2D eigenvalue weighted by molar-refractivity contribution is 0.00578. The van der Waals surface area contributed by atoms with Gasteiger partial charge in [0.2, 0.25) is 0 Å². The largest absolute Gasteiger partial charge is 0.487 e. The highest BCUT2D eigenvalue weighted by atomic mass is 16.7. The van der Waals surface area contributed by atoms with Crippen molar-refractivity contribution in [1.82, 2.24) is 4.98 Å². The Kier molecular flexibility index (Phi) is 4.21. The van der Waals surface area contributed by atoms with Gasteiger partial charge in [0.05, 0.1) is 29.6 Å². The summed E-state index contributed by atoms with van der Waals surface area (Å²) in [6, 6.07) is 3.41. The van der Waals surface area contributed by atoms with Crippen molar-refractivity contribution in [3.8, 4) is 0 Å². The van der Waals surface area contributed by atoms with E-state index in [0.29, 0.717) is 5.56 Å². The first-order valence-electron chi connectivity index (χ1n) is 6.83. The number of methoxy groups -OCH3 is 1. The van der Waals surface area contributed by atoms with Crippen LogP contribution in [0.15, 0.2) is 24.3 Å². The van der Waals surface area contributed by atoms with Gasteiger partial charge in [-0.3, -0.25) is 4.98 Å². The molecular weight excluding hydrogens is 269 g/mol. The molecule has 0 aliphatic carbocycles. The number of rotatable bonds is 3. The van der Waals surface area contributed by atoms with Gasteiger partial charge in [-0.2, -0.15) is 0 Å². The Hall–Kier alpha value is -1.66. The molecule has 0 bridgehead atoms. The molecule has 1 saturated heterocycles. The van der Waals surface area contributed by atoms with Gasteiger partial charge in [-0.25, -0.2) is 4.79 Å². The fraction of sp³-hybridized carbons (Fsp3) is 0.467. The summed E-state index contributed by atoms with van der Waals surface area (Å²) in [6.07, 6.45) is 3.29. The second-order valence-corrected chi connectivity index (χ2v) is 5.95. The molecule has 0 atom stereocenters. The Morgan fingerprint density at radius 1 is 1.24 bits per heavy atom. The van der Waals surface area contributed by atoms with Crippen LogP contribution in [-0.4, -0.2) is 36.4 Å². The number of carbonyl (C=O) groups excluding carboxylic acids is 1. The second-order valence-electron chi connectivity index (χ2n) is 5.95. The third kappa shape index (κ3) is 3.33. The smallest absolute Gasteiger partial charge is 0.465 e. The maximum Gasteiger partial charge on any atom is 0.487 e. The number of ether oxygens (including phenoxy) is 1. The quantitative estimate of drug-likeness (QED) is 0.632. The van der Waals surface area contributed by atoms with Crippen LogP contribution in [0, 0.1) is 0 Å². The topological polar surface area (TPSA) is 57.7 Å². The molecule has 0 unspecified atom stereocenters. The summed E-state index contributed by atoms with van der Waals surface area (Å²) in [5, 5.41) is 0. The van der Waals surface area contributed by atoms with E-state index < -0.39 is 13.1 Å². The van der Waals surface area contributed by atoms with Crippen LogP contribution in [0.2, 0.25) is 0 Å². The molecule has 0 aromatic carbocycles. The SMILES string of the molecule is COC(=O)c1ccc(/C=C/B2OC(C)(C)C(C)(C)O2)nc1. The number of pyridine rings is 1. The standard InChI is InChI=1S/C15H20BNO4/c1-14(2)15(3,4)21-16(20-14)9-8-12-7-6-11(10-17-12)13(18)19-5/h6-10H,1-5H3/b9-8+. The van der Waals surface area contributed by atoms with Crippen molar-refractivity contribution in [2.24, 2.45) is 0 Å². The molecule has 112 valence electrons. The van der Waals surface area contributed by atoms with Crippen LogP contribution in [0.3, 0.4) is 0 Å². The Morgan fingerprint density at radius 3 is 2.33 bits per heavy atom. The van der Waals surface area contributed by atoms with Gasteiger partial charge in [0.15, 0.2) is 0 Å². The van der Waals surface area contributed by atoms with Crippen LogP contribution >= 0.6 is 0 Å². The molecule has 1 aromatic heterocycles. The first kappa shape index (κ1) is 15.7. The number of aromatic nitrogens is 1. The predicted octanol–water partition coefficient (Wildman–Crippen LogP) is 2.51. The van der Waals surface area contributed by atoms with Crippen molar-refractivity contribution >= 4 is 19.2 Å². The van der Waals surface area contributed by atoms with Crippen LogP contribution in [0.5, 0.6) is 0 Å². The highest BCUT2D eigenvalue weighted by molar-refractivity contribution is 6.52. The lowest BCUT2D eigenvalue weighted by atomic mass is 9.89. The molecule has 1 aliphatic heterocycles. The molecule has 0 saturated carbocycles. The fourth-order valence-electron chi connectivity index (χ4n) is 1.89. The average molecular weight is 289 g/mol. The molecule has 0 N–H and O–H groups in total. The van der Waals surface area contributed by atoms with E-state index in [-0.39, 0.29) is 11.2 Å². The van der Waals surface area contributed by atoms with Gasteiger partial charge in [-0.15, -0.1) is 0 Å². The van der Waals surface area contributed by atoms with Crippen molar-refractivity contribution in [3.05, 3.63) is 35.6 Å². The minimum absolute atomic E-state index is 0.357. The summed E-state index contributed by atoms with van der Waals surface area (Å²) in [5.41, 5.74) is 0.427. The molecule has 0 radical (unpaired) electrons. The van der Waals surface area contributed by atoms with E-state index in [1.807, 2.05) is 39.7 Å². The lowest BCUT2D eigenvalue weighted by Gasteiger charge is -2.32. The Labute approximate surface area is 125 Å². The third-order valence-electron chi connectivity index (χ3n) is 3.90. The summed E-state index contributed by atoms with van der Waals surface area (Å²) >= 11 is 0. The predicted molar refractivity (Wildman–Crippen MR) is 80.7 cm³/mol. The zero-order chi connectivity index (χ0) is 15.7. The maximum atomic E-state index is 11.3. The van der Waals surface area contributed by atoms with Crippen LogP contribution in [0.25, 0.3) is 6.08 Å².